The number of benzene rings is 1. The van der Waals surface area contributed by atoms with Crippen LogP contribution in [0.15, 0.2) is 48.1 Å². The molecule has 0 spiro atoms. The van der Waals surface area contributed by atoms with Crippen molar-refractivity contribution in [2.45, 2.75) is 69.2 Å². The minimum absolute atomic E-state index is 0.104. The van der Waals surface area contributed by atoms with E-state index in [2.05, 4.69) is 32.1 Å². The number of aliphatic carboxylic acids is 1. The molecule has 1 N–H and O–H groups in total. The van der Waals surface area contributed by atoms with Gasteiger partial charge in [-0.2, -0.15) is 0 Å². The van der Waals surface area contributed by atoms with Crippen LogP contribution in [0.25, 0.3) is 0 Å². The van der Waals surface area contributed by atoms with E-state index in [-0.39, 0.29) is 23.5 Å². The van der Waals surface area contributed by atoms with E-state index in [1.165, 1.54) is 12.0 Å². The summed E-state index contributed by atoms with van der Waals surface area (Å²) in [7, 11) is 0. The van der Waals surface area contributed by atoms with Crippen LogP contribution in [0.1, 0.15) is 51.5 Å². The van der Waals surface area contributed by atoms with Gasteiger partial charge < -0.3 is 24.1 Å². The largest absolute Gasteiger partial charge is 0.491 e. The summed E-state index contributed by atoms with van der Waals surface area (Å²) in [5.41, 5.74) is 1.14. The predicted octanol–water partition coefficient (Wildman–Crippen LogP) is 4.67. The Hall–Kier alpha value is -2.15. The maximum absolute atomic E-state index is 12.1. The van der Waals surface area contributed by atoms with E-state index in [0.29, 0.717) is 13.2 Å². The Labute approximate surface area is 201 Å². The van der Waals surface area contributed by atoms with Gasteiger partial charge in [-0.3, -0.25) is 4.79 Å². The Balaban J connectivity index is 1.54. The molecule has 5 rings (SSSR count). The summed E-state index contributed by atoms with van der Waals surface area (Å²) in [5, 5.41) is 9.90. The van der Waals surface area contributed by atoms with Crippen molar-refractivity contribution in [3.8, 4) is 5.75 Å². The van der Waals surface area contributed by atoms with Crippen molar-refractivity contribution >= 4 is 5.97 Å². The lowest BCUT2D eigenvalue weighted by Gasteiger charge is -2.52. The maximum Gasteiger partial charge on any atom is 0.314 e. The van der Waals surface area contributed by atoms with Crippen LogP contribution < -0.4 is 4.74 Å². The molecule has 2 saturated heterocycles. The number of carbonyl (C=O) groups is 1. The van der Waals surface area contributed by atoms with Gasteiger partial charge in [0.1, 0.15) is 30.2 Å². The van der Waals surface area contributed by atoms with Crippen LogP contribution in [-0.4, -0.2) is 55.3 Å². The highest BCUT2D eigenvalue weighted by molar-refractivity contribution is 5.77. The molecule has 2 aliphatic heterocycles. The molecule has 0 aromatic heterocycles. The summed E-state index contributed by atoms with van der Waals surface area (Å²) < 4.78 is 23.4. The zero-order chi connectivity index (χ0) is 23.8. The van der Waals surface area contributed by atoms with Crippen molar-refractivity contribution < 1.29 is 28.8 Å². The fraction of sp³-hybridized carbons (Fsp3) is 0.607. The SMILES string of the molecule is CC(C)C1=CC(OCC2CO2)(C2(c3ccc(OCC4CO4)cc3)CCCCC2)C=CC1C(=O)O. The third-order valence-corrected chi connectivity index (χ3v) is 7.82. The second-order valence-electron chi connectivity index (χ2n) is 10.5. The van der Waals surface area contributed by atoms with Crippen molar-refractivity contribution in [1.82, 2.24) is 0 Å². The van der Waals surface area contributed by atoms with Gasteiger partial charge in [-0.15, -0.1) is 0 Å². The first kappa shape index (κ1) is 23.6. The van der Waals surface area contributed by atoms with Gasteiger partial charge in [0.2, 0.25) is 0 Å². The van der Waals surface area contributed by atoms with E-state index >= 15 is 0 Å². The standard InChI is InChI=1S/C28H36O6/c1-19(2)25-14-28(34-18-23-17-33-23,13-10-24(25)26(29)30)27(11-4-3-5-12-27)20-6-8-21(9-7-20)31-15-22-16-32-22/h6-10,13-14,19,22-24H,3-5,11-12,15-18H2,1-2H3,(H,29,30). The molecule has 3 fully saturated rings. The zero-order valence-electron chi connectivity index (χ0n) is 20.2. The molecule has 6 nitrogen and oxygen atoms in total. The average Bonchev–Trinajstić information content (AvgIpc) is 3.77. The molecule has 2 heterocycles. The summed E-state index contributed by atoms with van der Waals surface area (Å²) in [6.07, 6.45) is 11.8. The fourth-order valence-corrected chi connectivity index (χ4v) is 5.69. The Morgan fingerprint density at radius 1 is 1.06 bits per heavy atom. The van der Waals surface area contributed by atoms with Gasteiger partial charge >= 0.3 is 5.97 Å². The molecule has 0 radical (unpaired) electrons. The number of epoxide rings is 2. The van der Waals surface area contributed by atoms with E-state index in [0.717, 1.165) is 50.2 Å². The molecule has 184 valence electrons. The number of hydrogen-bond acceptors (Lipinski definition) is 5. The second kappa shape index (κ2) is 9.48. The Morgan fingerprint density at radius 2 is 1.71 bits per heavy atom. The lowest BCUT2D eigenvalue weighted by atomic mass is 9.57. The summed E-state index contributed by atoms with van der Waals surface area (Å²) >= 11 is 0. The van der Waals surface area contributed by atoms with E-state index in [4.69, 9.17) is 18.9 Å². The van der Waals surface area contributed by atoms with Gasteiger partial charge in [-0.25, -0.2) is 0 Å². The van der Waals surface area contributed by atoms with E-state index in [1.54, 1.807) is 0 Å². The minimum Gasteiger partial charge on any atom is -0.491 e. The van der Waals surface area contributed by atoms with Crippen LogP contribution in [0.3, 0.4) is 0 Å². The van der Waals surface area contributed by atoms with E-state index in [1.807, 2.05) is 24.3 Å². The molecular weight excluding hydrogens is 432 g/mol. The summed E-state index contributed by atoms with van der Waals surface area (Å²) in [6, 6.07) is 8.44. The molecule has 34 heavy (non-hydrogen) atoms. The summed E-state index contributed by atoms with van der Waals surface area (Å²) in [4.78, 5) is 12.1. The van der Waals surface area contributed by atoms with Crippen LogP contribution in [0.5, 0.6) is 5.75 Å². The fourth-order valence-electron chi connectivity index (χ4n) is 5.69. The highest BCUT2D eigenvalue weighted by Crippen LogP contribution is 2.53. The summed E-state index contributed by atoms with van der Waals surface area (Å²) in [6.45, 7) is 6.73. The number of carboxylic acid groups (broad SMARTS) is 1. The molecule has 4 aliphatic rings. The lowest BCUT2D eigenvalue weighted by molar-refractivity contribution is -0.139. The van der Waals surface area contributed by atoms with Gasteiger partial charge in [0.05, 0.1) is 25.7 Å². The van der Waals surface area contributed by atoms with Gasteiger partial charge in [-0.1, -0.05) is 63.0 Å². The molecule has 0 amide bonds. The molecule has 2 aliphatic carbocycles. The first-order chi connectivity index (χ1) is 16.4. The normalized spacial score (nSPS) is 31.7. The predicted molar refractivity (Wildman–Crippen MR) is 128 cm³/mol. The maximum atomic E-state index is 12.1. The third-order valence-electron chi connectivity index (χ3n) is 7.82. The highest BCUT2D eigenvalue weighted by Gasteiger charge is 2.53. The smallest absolute Gasteiger partial charge is 0.314 e. The van der Waals surface area contributed by atoms with Crippen molar-refractivity contribution in [1.29, 1.82) is 0 Å². The van der Waals surface area contributed by atoms with Crippen molar-refractivity contribution in [3.63, 3.8) is 0 Å². The van der Waals surface area contributed by atoms with E-state index < -0.39 is 17.5 Å². The molecular formula is C28H36O6. The molecule has 4 unspecified atom stereocenters. The first-order valence-corrected chi connectivity index (χ1v) is 12.7. The summed E-state index contributed by atoms with van der Waals surface area (Å²) in [5.74, 6) is -0.480. The Bertz CT molecular complexity index is 934. The molecule has 6 heteroatoms. The van der Waals surface area contributed by atoms with E-state index in [9.17, 15) is 9.90 Å². The quantitative estimate of drug-likeness (QED) is 0.397. The molecule has 1 aromatic carbocycles. The minimum atomic E-state index is -0.811. The van der Waals surface area contributed by atoms with Crippen LogP contribution in [0, 0.1) is 11.8 Å². The Kier molecular flexibility index (Phi) is 6.58. The zero-order valence-corrected chi connectivity index (χ0v) is 20.2. The van der Waals surface area contributed by atoms with Crippen molar-refractivity contribution in [3.05, 3.63) is 53.6 Å². The lowest BCUT2D eigenvalue weighted by Crippen LogP contribution is -2.54. The highest BCUT2D eigenvalue weighted by atomic mass is 16.6. The molecule has 1 aromatic rings. The second-order valence-corrected chi connectivity index (χ2v) is 10.5. The molecule has 0 bridgehead atoms. The monoisotopic (exact) mass is 468 g/mol. The van der Waals surface area contributed by atoms with Crippen LogP contribution in [0.2, 0.25) is 0 Å². The van der Waals surface area contributed by atoms with Crippen LogP contribution in [-0.2, 0) is 24.4 Å². The third kappa shape index (κ3) is 4.68. The number of hydrogen-bond donors (Lipinski definition) is 1. The van der Waals surface area contributed by atoms with Gasteiger partial charge in [0, 0.05) is 5.41 Å². The first-order valence-electron chi connectivity index (χ1n) is 12.7. The molecule has 1 saturated carbocycles. The van der Waals surface area contributed by atoms with Gasteiger partial charge in [0.15, 0.2) is 0 Å². The van der Waals surface area contributed by atoms with Gasteiger partial charge in [0.25, 0.3) is 0 Å². The Morgan fingerprint density at radius 3 is 2.29 bits per heavy atom. The van der Waals surface area contributed by atoms with Crippen molar-refractivity contribution in [2.75, 3.05) is 26.4 Å². The number of ether oxygens (including phenoxy) is 4. The van der Waals surface area contributed by atoms with Crippen LogP contribution in [0.4, 0.5) is 0 Å². The van der Waals surface area contributed by atoms with Crippen LogP contribution >= 0.6 is 0 Å². The van der Waals surface area contributed by atoms with Crippen molar-refractivity contribution in [2.24, 2.45) is 11.8 Å². The topological polar surface area (TPSA) is 80.8 Å². The van der Waals surface area contributed by atoms with Gasteiger partial charge in [-0.05, 0) is 42.5 Å². The molecule has 4 atom stereocenters. The number of carboxylic acids is 1. The average molecular weight is 469 g/mol. The number of rotatable bonds is 10.